The molecule has 0 radical (unpaired) electrons. The molecule has 3 N–H and O–H groups in total. The molecule has 1 aliphatic rings. The predicted molar refractivity (Wildman–Crippen MR) is 86.2 cm³/mol. The molecule has 1 fully saturated rings. The molecule has 1 aromatic carbocycles. The summed E-state index contributed by atoms with van der Waals surface area (Å²) in [5, 5.41) is 0. The Labute approximate surface area is 127 Å². The van der Waals surface area contributed by atoms with Crippen molar-refractivity contribution in [2.75, 3.05) is 38.1 Å². The van der Waals surface area contributed by atoms with E-state index >= 15 is 0 Å². The van der Waals surface area contributed by atoms with E-state index in [1.807, 2.05) is 30.0 Å². The lowest BCUT2D eigenvalue weighted by atomic mass is 10.1. The molecular weight excluding hydrogens is 264 g/mol. The second-order valence-electron chi connectivity index (χ2n) is 6.16. The summed E-state index contributed by atoms with van der Waals surface area (Å²) in [6, 6.07) is 5.60. The van der Waals surface area contributed by atoms with Crippen LogP contribution in [0.15, 0.2) is 18.2 Å². The van der Waals surface area contributed by atoms with E-state index in [1.54, 1.807) is 0 Å². The summed E-state index contributed by atoms with van der Waals surface area (Å²) in [6.07, 6.45) is 0. The van der Waals surface area contributed by atoms with E-state index in [0.29, 0.717) is 5.92 Å². The van der Waals surface area contributed by atoms with Gasteiger partial charge in [-0.25, -0.2) is 0 Å². The SMILES string of the molecule is Cc1cc(C(=O)N2CCN(CC(C)C)CC2)ccc1NN. The van der Waals surface area contributed by atoms with Crippen LogP contribution in [-0.2, 0) is 0 Å². The second kappa shape index (κ2) is 6.91. The maximum absolute atomic E-state index is 12.5. The van der Waals surface area contributed by atoms with Gasteiger partial charge in [0.05, 0.1) is 5.69 Å². The van der Waals surface area contributed by atoms with Gasteiger partial charge in [-0.1, -0.05) is 13.8 Å². The lowest BCUT2D eigenvalue weighted by Crippen LogP contribution is -2.49. The first kappa shape index (κ1) is 15.8. The van der Waals surface area contributed by atoms with Crippen molar-refractivity contribution < 1.29 is 4.79 Å². The number of hydrogen-bond donors (Lipinski definition) is 2. The number of hydrazine groups is 1. The molecule has 0 aromatic heterocycles. The van der Waals surface area contributed by atoms with Gasteiger partial charge >= 0.3 is 0 Å². The predicted octanol–water partition coefficient (Wildman–Crippen LogP) is 1.69. The van der Waals surface area contributed by atoms with Crippen LogP contribution in [0.5, 0.6) is 0 Å². The smallest absolute Gasteiger partial charge is 0.253 e. The van der Waals surface area contributed by atoms with Gasteiger partial charge in [0, 0.05) is 38.3 Å². The van der Waals surface area contributed by atoms with Crippen LogP contribution < -0.4 is 11.3 Å². The van der Waals surface area contributed by atoms with Crippen LogP contribution in [0.25, 0.3) is 0 Å². The molecule has 1 saturated heterocycles. The summed E-state index contributed by atoms with van der Waals surface area (Å²) in [4.78, 5) is 16.9. The maximum atomic E-state index is 12.5. The van der Waals surface area contributed by atoms with E-state index < -0.39 is 0 Å². The first-order valence-electron chi connectivity index (χ1n) is 7.60. The molecular formula is C16H26N4O. The van der Waals surface area contributed by atoms with Gasteiger partial charge in [0.15, 0.2) is 0 Å². The Morgan fingerprint density at radius 1 is 1.29 bits per heavy atom. The number of amides is 1. The Balaban J connectivity index is 1.97. The number of carbonyl (C=O) groups excluding carboxylic acids is 1. The van der Waals surface area contributed by atoms with E-state index in [9.17, 15) is 4.79 Å². The molecule has 0 aliphatic carbocycles. The number of piperazine rings is 1. The Hall–Kier alpha value is -1.59. The van der Waals surface area contributed by atoms with Crippen molar-refractivity contribution >= 4 is 11.6 Å². The summed E-state index contributed by atoms with van der Waals surface area (Å²) in [6.45, 7) is 11.1. The Morgan fingerprint density at radius 3 is 2.48 bits per heavy atom. The molecule has 1 aromatic rings. The topological polar surface area (TPSA) is 61.6 Å². The Morgan fingerprint density at radius 2 is 1.95 bits per heavy atom. The van der Waals surface area contributed by atoms with Crippen molar-refractivity contribution in [3.8, 4) is 0 Å². The number of rotatable bonds is 4. The average molecular weight is 290 g/mol. The number of nitrogens with one attached hydrogen (secondary N) is 1. The molecule has 0 saturated carbocycles. The van der Waals surface area contributed by atoms with Crippen LogP contribution in [0.1, 0.15) is 29.8 Å². The van der Waals surface area contributed by atoms with Crippen molar-refractivity contribution in [3.63, 3.8) is 0 Å². The quantitative estimate of drug-likeness (QED) is 0.654. The molecule has 5 heteroatoms. The monoisotopic (exact) mass is 290 g/mol. The minimum absolute atomic E-state index is 0.117. The molecule has 1 heterocycles. The number of nitrogen functional groups attached to an aromatic ring is 1. The molecule has 1 amide bonds. The third kappa shape index (κ3) is 3.95. The van der Waals surface area contributed by atoms with E-state index in [-0.39, 0.29) is 5.91 Å². The van der Waals surface area contributed by atoms with Gasteiger partial charge in [0.2, 0.25) is 0 Å². The molecule has 21 heavy (non-hydrogen) atoms. The van der Waals surface area contributed by atoms with Crippen molar-refractivity contribution in [1.82, 2.24) is 9.80 Å². The minimum atomic E-state index is 0.117. The number of aryl methyl sites for hydroxylation is 1. The van der Waals surface area contributed by atoms with Gasteiger partial charge in [-0.3, -0.25) is 15.5 Å². The fourth-order valence-corrected chi connectivity index (χ4v) is 2.79. The number of nitrogens with two attached hydrogens (primary N) is 1. The van der Waals surface area contributed by atoms with E-state index in [4.69, 9.17) is 5.84 Å². The summed E-state index contributed by atoms with van der Waals surface area (Å²) in [7, 11) is 0. The molecule has 0 bridgehead atoms. The molecule has 116 valence electrons. The fraction of sp³-hybridized carbons (Fsp3) is 0.562. The number of nitrogens with zero attached hydrogens (tertiary/aromatic N) is 2. The Bertz CT molecular complexity index is 493. The summed E-state index contributed by atoms with van der Waals surface area (Å²) < 4.78 is 0. The van der Waals surface area contributed by atoms with Gasteiger partial charge in [0.1, 0.15) is 0 Å². The average Bonchev–Trinajstić information content (AvgIpc) is 2.46. The Kier molecular flexibility index (Phi) is 5.20. The molecule has 0 unspecified atom stereocenters. The second-order valence-corrected chi connectivity index (χ2v) is 6.16. The van der Waals surface area contributed by atoms with Crippen LogP contribution in [0, 0.1) is 12.8 Å². The van der Waals surface area contributed by atoms with E-state index in [2.05, 4.69) is 24.2 Å². The highest BCUT2D eigenvalue weighted by atomic mass is 16.2. The van der Waals surface area contributed by atoms with Gasteiger partial charge in [-0.05, 0) is 36.6 Å². The van der Waals surface area contributed by atoms with E-state index in [1.165, 1.54) is 0 Å². The summed E-state index contributed by atoms with van der Waals surface area (Å²) in [5.74, 6) is 6.21. The van der Waals surface area contributed by atoms with Crippen molar-refractivity contribution in [3.05, 3.63) is 29.3 Å². The highest BCUT2D eigenvalue weighted by Gasteiger charge is 2.22. The number of hydrogen-bond acceptors (Lipinski definition) is 4. The third-order valence-electron chi connectivity index (χ3n) is 3.91. The largest absolute Gasteiger partial charge is 0.336 e. The van der Waals surface area contributed by atoms with Crippen molar-refractivity contribution in [2.45, 2.75) is 20.8 Å². The van der Waals surface area contributed by atoms with Crippen LogP contribution in [0.2, 0.25) is 0 Å². The lowest BCUT2D eigenvalue weighted by molar-refractivity contribution is 0.0624. The van der Waals surface area contributed by atoms with Crippen LogP contribution >= 0.6 is 0 Å². The standard InChI is InChI=1S/C16H26N4O/c1-12(2)11-19-6-8-20(9-7-19)16(21)14-4-5-15(18-17)13(3)10-14/h4-5,10,12,18H,6-9,11,17H2,1-3H3. The highest BCUT2D eigenvalue weighted by molar-refractivity contribution is 5.95. The molecule has 0 spiro atoms. The van der Waals surface area contributed by atoms with E-state index in [0.717, 1.165) is 49.5 Å². The third-order valence-corrected chi connectivity index (χ3v) is 3.91. The molecule has 2 rings (SSSR count). The zero-order valence-electron chi connectivity index (χ0n) is 13.2. The minimum Gasteiger partial charge on any atom is -0.336 e. The molecule has 0 atom stereocenters. The zero-order valence-corrected chi connectivity index (χ0v) is 13.2. The first-order chi connectivity index (χ1) is 10.0. The normalized spacial score (nSPS) is 16.3. The van der Waals surface area contributed by atoms with Gasteiger partial charge in [-0.15, -0.1) is 0 Å². The molecule has 1 aliphatic heterocycles. The van der Waals surface area contributed by atoms with Crippen LogP contribution in [0.4, 0.5) is 5.69 Å². The van der Waals surface area contributed by atoms with Gasteiger partial charge < -0.3 is 10.3 Å². The zero-order chi connectivity index (χ0) is 15.4. The maximum Gasteiger partial charge on any atom is 0.253 e. The fourth-order valence-electron chi connectivity index (χ4n) is 2.79. The molecule has 5 nitrogen and oxygen atoms in total. The lowest BCUT2D eigenvalue weighted by Gasteiger charge is -2.35. The van der Waals surface area contributed by atoms with Crippen molar-refractivity contribution in [2.24, 2.45) is 11.8 Å². The number of anilines is 1. The summed E-state index contributed by atoms with van der Waals surface area (Å²) in [5.41, 5.74) is 5.22. The number of benzene rings is 1. The first-order valence-corrected chi connectivity index (χ1v) is 7.60. The van der Waals surface area contributed by atoms with Gasteiger partial charge in [0.25, 0.3) is 5.91 Å². The van der Waals surface area contributed by atoms with Crippen LogP contribution in [0.3, 0.4) is 0 Å². The van der Waals surface area contributed by atoms with Gasteiger partial charge in [-0.2, -0.15) is 0 Å². The number of carbonyl (C=O) groups is 1. The summed E-state index contributed by atoms with van der Waals surface area (Å²) >= 11 is 0. The highest BCUT2D eigenvalue weighted by Crippen LogP contribution is 2.17. The van der Waals surface area contributed by atoms with Crippen molar-refractivity contribution in [1.29, 1.82) is 0 Å². The van der Waals surface area contributed by atoms with Crippen LogP contribution in [-0.4, -0.2) is 48.4 Å².